The monoisotopic (exact) mass is 259 g/mol. The van der Waals surface area contributed by atoms with Gasteiger partial charge in [-0.3, -0.25) is 4.79 Å². The second-order valence-corrected chi connectivity index (χ2v) is 4.49. The van der Waals surface area contributed by atoms with Crippen LogP contribution in [0.15, 0.2) is 36.5 Å². The highest BCUT2D eigenvalue weighted by molar-refractivity contribution is 6.28. The van der Waals surface area contributed by atoms with Crippen molar-refractivity contribution < 1.29 is 4.79 Å². The number of nitrogens with one attached hydrogen (secondary N) is 1. The smallest absolute Gasteiger partial charge is 0.233 e. The summed E-state index contributed by atoms with van der Waals surface area (Å²) >= 11 is 5.66. The van der Waals surface area contributed by atoms with Crippen molar-refractivity contribution in [1.29, 1.82) is 0 Å². The number of rotatable bonds is 2. The lowest BCUT2D eigenvalue weighted by Gasteiger charge is -2.28. The first-order valence-electron chi connectivity index (χ1n) is 5.61. The van der Waals surface area contributed by atoms with Gasteiger partial charge in [-0.15, -0.1) is 0 Å². The minimum absolute atomic E-state index is 0.0523. The lowest BCUT2D eigenvalue weighted by atomic mass is 9.77. The Morgan fingerprint density at radius 1 is 1.33 bits per heavy atom. The summed E-state index contributed by atoms with van der Waals surface area (Å²) in [6.07, 6.45) is 2.29. The van der Waals surface area contributed by atoms with E-state index >= 15 is 0 Å². The Labute approximate surface area is 109 Å². The summed E-state index contributed by atoms with van der Waals surface area (Å²) < 4.78 is 0. The predicted molar refractivity (Wildman–Crippen MR) is 68.6 cm³/mol. The number of hydrogen-bond acceptors (Lipinski definition) is 3. The Bertz CT molecular complexity index is 615. The maximum atomic E-state index is 12.1. The second kappa shape index (κ2) is 4.38. The Morgan fingerprint density at radius 3 is 2.94 bits per heavy atom. The van der Waals surface area contributed by atoms with Gasteiger partial charge in [0.1, 0.15) is 5.82 Å². The zero-order chi connectivity index (χ0) is 12.5. The Hall–Kier alpha value is -1.94. The number of anilines is 1. The molecule has 0 aliphatic heterocycles. The molecule has 3 rings (SSSR count). The third-order valence-electron chi connectivity index (χ3n) is 3.05. The summed E-state index contributed by atoms with van der Waals surface area (Å²) in [5.41, 5.74) is 2.33. The molecule has 0 saturated heterocycles. The van der Waals surface area contributed by atoms with Gasteiger partial charge in [0.05, 0.1) is 5.92 Å². The van der Waals surface area contributed by atoms with Gasteiger partial charge in [-0.1, -0.05) is 24.3 Å². The van der Waals surface area contributed by atoms with E-state index in [9.17, 15) is 4.79 Å². The van der Waals surface area contributed by atoms with Crippen LogP contribution in [0.25, 0.3) is 0 Å². The molecule has 1 aliphatic rings. The summed E-state index contributed by atoms with van der Waals surface area (Å²) in [5.74, 6) is 0.294. The van der Waals surface area contributed by atoms with Crippen LogP contribution in [0.4, 0.5) is 5.82 Å². The first kappa shape index (κ1) is 11.2. The van der Waals surface area contributed by atoms with Crippen molar-refractivity contribution in [1.82, 2.24) is 9.97 Å². The van der Waals surface area contributed by atoms with Gasteiger partial charge in [0.15, 0.2) is 0 Å². The molecule has 18 heavy (non-hydrogen) atoms. The molecule has 1 atom stereocenters. The molecule has 1 amide bonds. The first-order valence-corrected chi connectivity index (χ1v) is 5.99. The summed E-state index contributed by atoms with van der Waals surface area (Å²) in [7, 11) is 0. The molecule has 0 fully saturated rings. The fraction of sp³-hybridized carbons (Fsp3) is 0.154. The standard InChI is InChI=1S/C13H10ClN3O/c14-13-15-6-5-11(17-13)16-12(18)10-7-8-3-1-2-4-9(8)10/h1-6,10H,7H2,(H,15,16,17,18). The first-order chi connectivity index (χ1) is 8.74. The molecular weight excluding hydrogens is 250 g/mol. The molecule has 90 valence electrons. The number of halogens is 1. The lowest BCUT2D eigenvalue weighted by molar-refractivity contribution is -0.118. The molecular formula is C13H10ClN3O. The van der Waals surface area contributed by atoms with Crippen LogP contribution < -0.4 is 5.32 Å². The average Bonchev–Trinajstić information content (AvgIpc) is 2.30. The number of benzene rings is 1. The summed E-state index contributed by atoms with van der Waals surface area (Å²) in [5, 5.41) is 2.88. The number of carbonyl (C=O) groups is 1. The fourth-order valence-corrected chi connectivity index (χ4v) is 2.26. The summed E-state index contributed by atoms with van der Waals surface area (Å²) in [6, 6.07) is 9.57. The van der Waals surface area contributed by atoms with Crippen LogP contribution in [0.2, 0.25) is 5.28 Å². The maximum Gasteiger partial charge on any atom is 0.233 e. The molecule has 1 N–H and O–H groups in total. The molecule has 0 saturated carbocycles. The van der Waals surface area contributed by atoms with E-state index < -0.39 is 0 Å². The molecule has 1 aromatic heterocycles. The summed E-state index contributed by atoms with van der Waals surface area (Å²) in [4.78, 5) is 19.8. The summed E-state index contributed by atoms with van der Waals surface area (Å²) in [6.45, 7) is 0. The molecule has 1 aliphatic carbocycles. The quantitative estimate of drug-likeness (QED) is 0.843. The van der Waals surface area contributed by atoms with Crippen LogP contribution in [0.3, 0.4) is 0 Å². The molecule has 2 aromatic rings. The van der Waals surface area contributed by atoms with E-state index in [1.807, 2.05) is 24.3 Å². The fourth-order valence-electron chi connectivity index (χ4n) is 2.11. The van der Waals surface area contributed by atoms with Gasteiger partial charge in [-0.25, -0.2) is 9.97 Å². The average molecular weight is 260 g/mol. The van der Waals surface area contributed by atoms with Crippen LogP contribution in [-0.2, 0) is 11.2 Å². The molecule has 1 aromatic carbocycles. The molecule has 4 nitrogen and oxygen atoms in total. The normalized spacial score (nSPS) is 16.6. The Balaban J connectivity index is 1.75. The number of amides is 1. The SMILES string of the molecule is O=C(Nc1ccnc(Cl)n1)C1Cc2ccccc21. The van der Waals surface area contributed by atoms with Gasteiger partial charge >= 0.3 is 0 Å². The second-order valence-electron chi connectivity index (χ2n) is 4.16. The largest absolute Gasteiger partial charge is 0.310 e. The van der Waals surface area contributed by atoms with Crippen LogP contribution in [0.1, 0.15) is 17.0 Å². The van der Waals surface area contributed by atoms with Crippen molar-refractivity contribution in [3.63, 3.8) is 0 Å². The van der Waals surface area contributed by atoms with Gasteiger partial charge in [0, 0.05) is 6.20 Å². The third-order valence-corrected chi connectivity index (χ3v) is 3.23. The van der Waals surface area contributed by atoms with E-state index in [0.29, 0.717) is 5.82 Å². The van der Waals surface area contributed by atoms with E-state index in [0.717, 1.165) is 12.0 Å². The molecule has 0 radical (unpaired) electrons. The van der Waals surface area contributed by atoms with Crippen molar-refractivity contribution >= 4 is 23.3 Å². The minimum atomic E-state index is -0.0880. The highest BCUT2D eigenvalue weighted by atomic mass is 35.5. The van der Waals surface area contributed by atoms with E-state index in [1.165, 1.54) is 11.8 Å². The van der Waals surface area contributed by atoms with E-state index in [2.05, 4.69) is 15.3 Å². The van der Waals surface area contributed by atoms with E-state index in [1.54, 1.807) is 6.07 Å². The number of fused-ring (bicyclic) bond motifs is 1. The molecule has 1 heterocycles. The number of carbonyl (C=O) groups excluding carboxylic acids is 1. The zero-order valence-corrected chi connectivity index (χ0v) is 10.2. The zero-order valence-electron chi connectivity index (χ0n) is 9.43. The number of nitrogens with zero attached hydrogens (tertiary/aromatic N) is 2. The van der Waals surface area contributed by atoms with Crippen LogP contribution in [0, 0.1) is 0 Å². The molecule has 0 spiro atoms. The maximum absolute atomic E-state index is 12.1. The van der Waals surface area contributed by atoms with Crippen molar-refractivity contribution in [2.24, 2.45) is 0 Å². The highest BCUT2D eigenvalue weighted by Gasteiger charge is 2.31. The van der Waals surface area contributed by atoms with Gasteiger partial charge in [0.25, 0.3) is 0 Å². The van der Waals surface area contributed by atoms with E-state index in [4.69, 9.17) is 11.6 Å². The van der Waals surface area contributed by atoms with Crippen LogP contribution >= 0.6 is 11.6 Å². The predicted octanol–water partition coefficient (Wildman–Crippen LogP) is 2.41. The topological polar surface area (TPSA) is 54.9 Å². The minimum Gasteiger partial charge on any atom is -0.310 e. The van der Waals surface area contributed by atoms with Gasteiger partial charge in [-0.05, 0) is 35.2 Å². The molecule has 0 bridgehead atoms. The Morgan fingerprint density at radius 2 is 2.17 bits per heavy atom. The van der Waals surface area contributed by atoms with Crippen LogP contribution in [-0.4, -0.2) is 15.9 Å². The van der Waals surface area contributed by atoms with Crippen molar-refractivity contribution in [2.75, 3.05) is 5.32 Å². The highest BCUT2D eigenvalue weighted by Crippen LogP contribution is 2.35. The van der Waals surface area contributed by atoms with Gasteiger partial charge in [0.2, 0.25) is 11.2 Å². The lowest BCUT2D eigenvalue weighted by Crippen LogP contribution is -2.30. The van der Waals surface area contributed by atoms with E-state index in [-0.39, 0.29) is 17.1 Å². The molecule has 5 heteroatoms. The molecule has 1 unspecified atom stereocenters. The van der Waals surface area contributed by atoms with Gasteiger partial charge < -0.3 is 5.32 Å². The number of aromatic nitrogens is 2. The van der Waals surface area contributed by atoms with Crippen molar-refractivity contribution in [2.45, 2.75) is 12.3 Å². The van der Waals surface area contributed by atoms with Crippen LogP contribution in [0.5, 0.6) is 0 Å². The van der Waals surface area contributed by atoms with Crippen molar-refractivity contribution in [3.8, 4) is 0 Å². The Kier molecular flexibility index (Phi) is 2.72. The number of hydrogen-bond donors (Lipinski definition) is 1. The van der Waals surface area contributed by atoms with Crippen molar-refractivity contribution in [3.05, 3.63) is 52.9 Å². The van der Waals surface area contributed by atoms with Gasteiger partial charge in [-0.2, -0.15) is 0 Å². The third kappa shape index (κ3) is 1.95.